The molecule has 2 atom stereocenters. The predicted octanol–water partition coefficient (Wildman–Crippen LogP) is 9.06. The second kappa shape index (κ2) is 12.1. The molecule has 0 amide bonds. The lowest BCUT2D eigenvalue weighted by molar-refractivity contribution is 0.0558. The van der Waals surface area contributed by atoms with Crippen molar-refractivity contribution in [1.82, 2.24) is 0 Å². The van der Waals surface area contributed by atoms with E-state index in [9.17, 15) is 0 Å². The smallest absolute Gasteiger partial charge is 0.127 e. The summed E-state index contributed by atoms with van der Waals surface area (Å²) in [5, 5.41) is 0. The molecule has 182 valence electrons. The lowest BCUT2D eigenvalue weighted by Gasteiger charge is -2.38. The van der Waals surface area contributed by atoms with Gasteiger partial charge in [0.15, 0.2) is 0 Å². The Morgan fingerprint density at radius 3 is 2.38 bits per heavy atom. The molecule has 0 fully saturated rings. The third kappa shape index (κ3) is 7.29. The van der Waals surface area contributed by atoms with Gasteiger partial charge in [0.25, 0.3) is 0 Å². The molecule has 1 aliphatic heterocycles. The molecule has 32 heavy (non-hydrogen) atoms. The van der Waals surface area contributed by atoms with Crippen LogP contribution in [0.15, 0.2) is 11.6 Å². The lowest BCUT2D eigenvalue weighted by atomic mass is 9.85. The summed E-state index contributed by atoms with van der Waals surface area (Å²) < 4.78 is 12.4. The van der Waals surface area contributed by atoms with E-state index < -0.39 is 0 Å². The Hall–Kier alpha value is -1.44. The zero-order chi connectivity index (χ0) is 23.9. The molecule has 0 aromatic heterocycles. The van der Waals surface area contributed by atoms with Gasteiger partial charge in [-0.05, 0) is 102 Å². The summed E-state index contributed by atoms with van der Waals surface area (Å²) in [5.41, 5.74) is 6.52. The Bertz CT molecular complexity index is 774. The molecule has 1 heterocycles. The van der Waals surface area contributed by atoms with Gasteiger partial charge in [-0.3, -0.25) is 0 Å². The van der Waals surface area contributed by atoms with Crippen LogP contribution in [-0.4, -0.2) is 12.7 Å². The minimum atomic E-state index is -0.0765. The van der Waals surface area contributed by atoms with E-state index in [2.05, 4.69) is 61.5 Å². The number of hydrogen-bond acceptors (Lipinski definition) is 2. The Kier molecular flexibility index (Phi) is 10.2. The average Bonchev–Trinajstić information content (AvgIpc) is 2.72. The van der Waals surface area contributed by atoms with E-state index in [1.54, 1.807) is 12.7 Å². The number of allylic oxidation sites excluding steroid dienone is 2. The van der Waals surface area contributed by atoms with Crippen LogP contribution in [-0.2, 0) is 6.42 Å². The fourth-order valence-corrected chi connectivity index (χ4v) is 5.24. The molecule has 0 bridgehead atoms. The fourth-order valence-electron chi connectivity index (χ4n) is 5.24. The van der Waals surface area contributed by atoms with Crippen molar-refractivity contribution in [2.45, 2.75) is 125 Å². The molecule has 0 aliphatic carbocycles. The van der Waals surface area contributed by atoms with E-state index in [0.717, 1.165) is 49.0 Å². The Morgan fingerprint density at radius 1 is 1.03 bits per heavy atom. The van der Waals surface area contributed by atoms with Gasteiger partial charge in [-0.15, -0.1) is 0 Å². The zero-order valence-corrected chi connectivity index (χ0v) is 22.6. The molecule has 0 saturated heterocycles. The largest absolute Gasteiger partial charge is 0.496 e. The van der Waals surface area contributed by atoms with Crippen molar-refractivity contribution in [3.63, 3.8) is 0 Å². The first-order valence-corrected chi connectivity index (χ1v) is 13.1. The fraction of sp³-hybridized carbons (Fsp3) is 0.733. The van der Waals surface area contributed by atoms with E-state index in [4.69, 9.17) is 9.47 Å². The number of ether oxygens (including phenoxy) is 2. The maximum Gasteiger partial charge on any atom is 0.127 e. The maximum absolute atomic E-state index is 6.68. The van der Waals surface area contributed by atoms with Crippen LogP contribution in [0.1, 0.15) is 115 Å². The number of methoxy groups -OCH3 is 1. The molecular weight excluding hydrogens is 392 g/mol. The number of benzene rings is 1. The van der Waals surface area contributed by atoms with Crippen molar-refractivity contribution in [2.75, 3.05) is 7.11 Å². The summed E-state index contributed by atoms with van der Waals surface area (Å²) in [6.07, 6.45) is 14.9. The molecule has 1 aliphatic rings. The number of hydrogen-bond donors (Lipinski definition) is 0. The first-order valence-electron chi connectivity index (χ1n) is 13.1. The molecule has 0 saturated carbocycles. The number of fused-ring (bicyclic) bond motifs is 1. The summed E-state index contributed by atoms with van der Waals surface area (Å²) in [7, 11) is 1.77. The third-order valence-electron chi connectivity index (χ3n) is 7.68. The molecule has 1 aromatic carbocycles. The molecule has 1 aromatic rings. The van der Waals surface area contributed by atoms with E-state index in [0.29, 0.717) is 0 Å². The van der Waals surface area contributed by atoms with Crippen molar-refractivity contribution < 1.29 is 9.47 Å². The van der Waals surface area contributed by atoms with Gasteiger partial charge < -0.3 is 9.47 Å². The van der Waals surface area contributed by atoms with Crippen LogP contribution in [0.2, 0.25) is 0 Å². The standard InChI is InChI=1S/C30H50O2/c1-21(2)13-10-14-22(3)15-11-16-23(4)17-12-19-30(8)20-18-27-26(7)28(31-9)24(5)25(6)29(27)32-30/h17,21-22H,10-16,18-20H2,1-9H3/b23-17-. The highest BCUT2D eigenvalue weighted by Gasteiger charge is 2.34. The molecule has 0 spiro atoms. The SMILES string of the molecule is COc1c(C)c(C)c2c(c1C)CCC(C)(CC/C=C(/C)CCCC(C)CCCC(C)C)O2. The molecule has 2 heteroatoms. The first-order chi connectivity index (χ1) is 15.1. The molecule has 2 rings (SSSR count). The first kappa shape index (κ1) is 26.8. The van der Waals surface area contributed by atoms with Crippen LogP contribution in [0, 0.1) is 32.6 Å². The minimum absolute atomic E-state index is 0.0765. The van der Waals surface area contributed by atoms with E-state index in [-0.39, 0.29) is 5.60 Å². The van der Waals surface area contributed by atoms with Crippen molar-refractivity contribution in [3.05, 3.63) is 33.9 Å². The van der Waals surface area contributed by atoms with E-state index in [1.165, 1.54) is 60.8 Å². The van der Waals surface area contributed by atoms with Gasteiger partial charge >= 0.3 is 0 Å². The quantitative estimate of drug-likeness (QED) is 0.300. The molecule has 0 N–H and O–H groups in total. The highest BCUT2D eigenvalue weighted by Crippen LogP contribution is 2.44. The van der Waals surface area contributed by atoms with Gasteiger partial charge in [0.1, 0.15) is 17.1 Å². The molecule has 2 unspecified atom stereocenters. The summed E-state index contributed by atoms with van der Waals surface area (Å²) in [4.78, 5) is 0. The van der Waals surface area contributed by atoms with Crippen LogP contribution >= 0.6 is 0 Å². The highest BCUT2D eigenvalue weighted by atomic mass is 16.5. The zero-order valence-electron chi connectivity index (χ0n) is 22.6. The van der Waals surface area contributed by atoms with Gasteiger partial charge in [-0.1, -0.05) is 58.1 Å². The topological polar surface area (TPSA) is 18.5 Å². The molecule has 2 nitrogen and oxygen atoms in total. The van der Waals surface area contributed by atoms with Crippen LogP contribution in [0.3, 0.4) is 0 Å². The summed E-state index contributed by atoms with van der Waals surface area (Å²) in [6.45, 7) is 18.2. The Labute approximate surface area is 199 Å². The van der Waals surface area contributed by atoms with Crippen molar-refractivity contribution in [3.8, 4) is 11.5 Å². The molecular formula is C30H50O2. The van der Waals surface area contributed by atoms with Gasteiger partial charge in [0, 0.05) is 5.56 Å². The van der Waals surface area contributed by atoms with Crippen LogP contribution in [0.4, 0.5) is 0 Å². The maximum atomic E-state index is 6.68. The van der Waals surface area contributed by atoms with Crippen molar-refractivity contribution >= 4 is 0 Å². The number of rotatable bonds is 12. The monoisotopic (exact) mass is 442 g/mol. The second-order valence-corrected chi connectivity index (χ2v) is 11.2. The van der Waals surface area contributed by atoms with Gasteiger partial charge in [0.2, 0.25) is 0 Å². The third-order valence-corrected chi connectivity index (χ3v) is 7.68. The minimum Gasteiger partial charge on any atom is -0.496 e. The van der Waals surface area contributed by atoms with E-state index >= 15 is 0 Å². The van der Waals surface area contributed by atoms with Crippen LogP contribution in [0.25, 0.3) is 0 Å². The summed E-state index contributed by atoms with van der Waals surface area (Å²) in [6, 6.07) is 0. The van der Waals surface area contributed by atoms with Gasteiger partial charge in [-0.25, -0.2) is 0 Å². The second-order valence-electron chi connectivity index (χ2n) is 11.2. The lowest BCUT2D eigenvalue weighted by Crippen LogP contribution is -2.37. The summed E-state index contributed by atoms with van der Waals surface area (Å²) >= 11 is 0. The predicted molar refractivity (Wildman–Crippen MR) is 139 cm³/mol. The molecule has 0 radical (unpaired) electrons. The van der Waals surface area contributed by atoms with Gasteiger partial charge in [0.05, 0.1) is 7.11 Å². The van der Waals surface area contributed by atoms with Gasteiger partial charge in [-0.2, -0.15) is 0 Å². The van der Waals surface area contributed by atoms with E-state index in [1.807, 2.05) is 0 Å². The van der Waals surface area contributed by atoms with Crippen LogP contribution in [0.5, 0.6) is 11.5 Å². The Morgan fingerprint density at radius 2 is 1.72 bits per heavy atom. The van der Waals surface area contributed by atoms with Crippen molar-refractivity contribution in [1.29, 1.82) is 0 Å². The normalized spacial score (nSPS) is 19.6. The van der Waals surface area contributed by atoms with Crippen LogP contribution < -0.4 is 9.47 Å². The van der Waals surface area contributed by atoms with Crippen molar-refractivity contribution in [2.24, 2.45) is 11.8 Å². The highest BCUT2D eigenvalue weighted by molar-refractivity contribution is 5.58. The average molecular weight is 443 g/mol. The Balaban J connectivity index is 1.84. The summed E-state index contributed by atoms with van der Waals surface area (Å²) in [5.74, 6) is 3.85.